The molecule has 3 fully saturated rings. The number of aliphatic hydroxyl groups excluding tert-OH is 4. The molecule has 0 aromatic carbocycles. The number of aliphatic hydroxyl groups is 6. The summed E-state index contributed by atoms with van der Waals surface area (Å²) in [5.41, 5.74) is -2.73. The molecule has 0 spiro atoms. The first kappa shape index (κ1) is 27.9. The van der Waals surface area contributed by atoms with Crippen molar-refractivity contribution in [1.82, 2.24) is 0 Å². The highest BCUT2D eigenvalue weighted by molar-refractivity contribution is 5.95. The fourth-order valence-electron chi connectivity index (χ4n) is 8.80. The van der Waals surface area contributed by atoms with Crippen LogP contribution in [0.4, 0.5) is 0 Å². The number of carbonyl (C=O) groups excluding carboxylic acids is 1. The number of rotatable bonds is 7. The third-order valence-electron chi connectivity index (χ3n) is 11.3. The average molecular weight is 507 g/mol. The first-order valence-corrected chi connectivity index (χ1v) is 13.7. The lowest BCUT2D eigenvalue weighted by molar-refractivity contribution is -0.177. The van der Waals surface area contributed by atoms with E-state index in [0.29, 0.717) is 49.7 Å². The maximum atomic E-state index is 13.3. The van der Waals surface area contributed by atoms with E-state index in [1.807, 2.05) is 20.8 Å². The molecule has 0 aromatic heterocycles. The van der Waals surface area contributed by atoms with Gasteiger partial charge >= 0.3 is 0 Å². The molecular weight excluding hydrogens is 460 g/mol. The summed E-state index contributed by atoms with van der Waals surface area (Å²) in [6.07, 6.45) is 2.45. The average Bonchev–Trinajstić information content (AvgIpc) is 3.10. The van der Waals surface area contributed by atoms with E-state index in [-0.39, 0.29) is 43.0 Å². The second-order valence-electron chi connectivity index (χ2n) is 13.0. The molecule has 0 amide bonds. The SMILES string of the molecule is C=C(CO)[C@H](CC)C[C@@H](O)[C@](C)(O)[C@H]1CCC2(O)C3=CC(=O)[C@@H]4C[C@@H](O)[C@@H](O)C[C@]4(C)[C@H]3CC[C@]12C. The number of fused-ring (bicyclic) bond motifs is 5. The van der Waals surface area contributed by atoms with Crippen molar-refractivity contribution in [1.29, 1.82) is 0 Å². The van der Waals surface area contributed by atoms with Gasteiger partial charge in [0.1, 0.15) is 0 Å². The minimum Gasteiger partial charge on any atom is -0.392 e. The second-order valence-corrected chi connectivity index (χ2v) is 13.0. The highest BCUT2D eigenvalue weighted by Crippen LogP contribution is 2.68. The van der Waals surface area contributed by atoms with Crippen LogP contribution >= 0.6 is 0 Å². The Morgan fingerprint density at radius 1 is 1.19 bits per heavy atom. The van der Waals surface area contributed by atoms with Crippen LogP contribution in [0.25, 0.3) is 0 Å². The van der Waals surface area contributed by atoms with Crippen molar-refractivity contribution < 1.29 is 35.4 Å². The highest BCUT2D eigenvalue weighted by atomic mass is 16.3. The van der Waals surface area contributed by atoms with E-state index in [2.05, 4.69) is 6.58 Å². The smallest absolute Gasteiger partial charge is 0.159 e. The lowest BCUT2D eigenvalue weighted by Gasteiger charge is -2.60. The molecule has 0 bridgehead atoms. The summed E-state index contributed by atoms with van der Waals surface area (Å²) in [4.78, 5) is 13.3. The third kappa shape index (κ3) is 3.88. The van der Waals surface area contributed by atoms with Crippen molar-refractivity contribution in [3.63, 3.8) is 0 Å². The zero-order chi connectivity index (χ0) is 26.8. The summed E-state index contributed by atoms with van der Waals surface area (Å²) in [5, 5.41) is 65.5. The molecule has 4 aliphatic rings. The Hall–Kier alpha value is -1.09. The molecule has 4 rings (SSSR count). The van der Waals surface area contributed by atoms with Crippen molar-refractivity contribution in [2.75, 3.05) is 6.61 Å². The lowest BCUT2D eigenvalue weighted by Crippen LogP contribution is -2.63. The molecule has 0 aromatic rings. The van der Waals surface area contributed by atoms with E-state index >= 15 is 0 Å². The van der Waals surface area contributed by atoms with Crippen LogP contribution in [-0.2, 0) is 4.79 Å². The highest BCUT2D eigenvalue weighted by Gasteiger charge is 2.69. The quantitative estimate of drug-likeness (QED) is 0.291. The van der Waals surface area contributed by atoms with E-state index in [4.69, 9.17) is 0 Å². The Morgan fingerprint density at radius 3 is 2.47 bits per heavy atom. The first-order chi connectivity index (χ1) is 16.7. The standard InChI is InChI=1S/C29H46O7/c1-6-17(16(2)15-30)11-25(34)28(5,35)24-8-10-29(36)19-12-21(31)20-13-22(32)23(33)14-26(20,3)18(19)7-9-27(24,29)4/h12,17-18,20,22-25,30,32-36H,2,6-11,13-15H2,1,3-5H3/t17-,18+,20+,22-,23+,24+,25-,26-,27-,28-,29?/m1/s1. The summed E-state index contributed by atoms with van der Waals surface area (Å²) in [6, 6.07) is 0. The molecule has 0 saturated heterocycles. The predicted octanol–water partition coefficient (Wildman–Crippen LogP) is 2.27. The molecule has 1 unspecified atom stereocenters. The molecular formula is C29H46O7. The molecule has 4 aliphatic carbocycles. The fraction of sp³-hybridized carbons (Fsp3) is 0.828. The van der Waals surface area contributed by atoms with Crippen LogP contribution in [0.15, 0.2) is 23.8 Å². The van der Waals surface area contributed by atoms with E-state index in [1.54, 1.807) is 13.0 Å². The first-order valence-electron chi connectivity index (χ1n) is 13.7. The van der Waals surface area contributed by atoms with E-state index < -0.39 is 46.3 Å². The van der Waals surface area contributed by atoms with Crippen molar-refractivity contribution in [3.8, 4) is 0 Å². The monoisotopic (exact) mass is 506 g/mol. The van der Waals surface area contributed by atoms with Crippen LogP contribution in [-0.4, -0.2) is 72.5 Å². The molecule has 6 N–H and O–H groups in total. The molecule has 7 nitrogen and oxygen atoms in total. The Bertz CT molecular complexity index is 927. The zero-order valence-electron chi connectivity index (χ0n) is 22.3. The zero-order valence-corrected chi connectivity index (χ0v) is 22.3. The lowest BCUT2D eigenvalue weighted by atomic mass is 9.45. The summed E-state index contributed by atoms with van der Waals surface area (Å²) in [6.45, 7) is 11.4. The van der Waals surface area contributed by atoms with Crippen molar-refractivity contribution in [2.45, 2.75) is 109 Å². The van der Waals surface area contributed by atoms with E-state index in [0.717, 1.165) is 0 Å². The topological polar surface area (TPSA) is 138 Å². The van der Waals surface area contributed by atoms with Gasteiger partial charge in [0.15, 0.2) is 5.78 Å². The van der Waals surface area contributed by atoms with Gasteiger partial charge < -0.3 is 30.6 Å². The van der Waals surface area contributed by atoms with Gasteiger partial charge in [-0.3, -0.25) is 4.79 Å². The molecule has 0 heterocycles. The molecule has 204 valence electrons. The number of hydrogen-bond donors (Lipinski definition) is 6. The van der Waals surface area contributed by atoms with Gasteiger partial charge in [-0.2, -0.15) is 0 Å². The largest absolute Gasteiger partial charge is 0.392 e. The maximum Gasteiger partial charge on any atom is 0.159 e. The predicted molar refractivity (Wildman–Crippen MR) is 136 cm³/mol. The summed E-state index contributed by atoms with van der Waals surface area (Å²) < 4.78 is 0. The maximum absolute atomic E-state index is 13.3. The minimum absolute atomic E-state index is 0.0913. The summed E-state index contributed by atoms with van der Waals surface area (Å²) in [7, 11) is 0. The van der Waals surface area contributed by atoms with Gasteiger partial charge in [0.2, 0.25) is 0 Å². The molecule has 0 radical (unpaired) electrons. The second kappa shape index (κ2) is 9.28. The van der Waals surface area contributed by atoms with Gasteiger partial charge in [-0.25, -0.2) is 0 Å². The Morgan fingerprint density at radius 2 is 1.86 bits per heavy atom. The number of allylic oxidation sites excluding steroid dienone is 1. The summed E-state index contributed by atoms with van der Waals surface area (Å²) in [5.74, 6) is -1.09. The number of hydrogen-bond acceptors (Lipinski definition) is 7. The molecule has 11 atom stereocenters. The van der Waals surface area contributed by atoms with Crippen molar-refractivity contribution in [2.24, 2.45) is 34.5 Å². The molecule has 3 saturated carbocycles. The summed E-state index contributed by atoms with van der Waals surface area (Å²) >= 11 is 0. The fourth-order valence-corrected chi connectivity index (χ4v) is 8.80. The van der Waals surface area contributed by atoms with Crippen molar-refractivity contribution in [3.05, 3.63) is 23.8 Å². The normalized spacial score (nSPS) is 45.6. The third-order valence-corrected chi connectivity index (χ3v) is 11.3. The Balaban J connectivity index is 1.66. The number of carbonyl (C=O) groups is 1. The van der Waals surface area contributed by atoms with Gasteiger partial charge in [-0.1, -0.05) is 27.4 Å². The molecule has 0 aliphatic heterocycles. The van der Waals surface area contributed by atoms with E-state index in [9.17, 15) is 35.4 Å². The van der Waals surface area contributed by atoms with Crippen LogP contribution < -0.4 is 0 Å². The minimum atomic E-state index is -1.48. The molecule has 36 heavy (non-hydrogen) atoms. The van der Waals surface area contributed by atoms with Gasteiger partial charge in [0.25, 0.3) is 0 Å². The van der Waals surface area contributed by atoms with Gasteiger partial charge in [-0.15, -0.1) is 0 Å². The van der Waals surface area contributed by atoms with Crippen LogP contribution in [0.1, 0.15) is 79.1 Å². The Labute approximate surface area is 214 Å². The Kier molecular flexibility index (Phi) is 7.20. The van der Waals surface area contributed by atoms with Crippen LogP contribution in [0.2, 0.25) is 0 Å². The van der Waals surface area contributed by atoms with Gasteiger partial charge in [0, 0.05) is 11.3 Å². The number of ketones is 1. The van der Waals surface area contributed by atoms with Crippen LogP contribution in [0.3, 0.4) is 0 Å². The van der Waals surface area contributed by atoms with Crippen molar-refractivity contribution >= 4 is 5.78 Å². The molecule has 7 heteroatoms. The van der Waals surface area contributed by atoms with Crippen LogP contribution in [0, 0.1) is 34.5 Å². The van der Waals surface area contributed by atoms with Crippen LogP contribution in [0.5, 0.6) is 0 Å². The van der Waals surface area contributed by atoms with Gasteiger partial charge in [-0.05, 0) is 98.7 Å². The van der Waals surface area contributed by atoms with E-state index in [1.165, 1.54) is 0 Å². The van der Waals surface area contributed by atoms with Gasteiger partial charge in [0.05, 0.1) is 36.1 Å².